The molecule has 0 aromatic heterocycles. The van der Waals surface area contributed by atoms with E-state index in [0.717, 1.165) is 57.8 Å². The minimum absolute atomic E-state index is 0.148. The minimum Gasteiger partial charge on any atom is -0.490 e. The summed E-state index contributed by atoms with van der Waals surface area (Å²) >= 11 is 25.7. The van der Waals surface area contributed by atoms with Crippen LogP contribution in [0.2, 0.25) is 20.1 Å². The summed E-state index contributed by atoms with van der Waals surface area (Å²) in [6.45, 7) is 1.00. The van der Waals surface area contributed by atoms with E-state index in [1.165, 1.54) is 12.1 Å². The summed E-state index contributed by atoms with van der Waals surface area (Å²) in [5.41, 5.74) is 2.32. The lowest BCUT2D eigenvalue weighted by Gasteiger charge is -2.14. The van der Waals surface area contributed by atoms with Crippen LogP contribution in [0.5, 0.6) is 11.5 Å². The fourth-order valence-corrected chi connectivity index (χ4v) is 6.39. The summed E-state index contributed by atoms with van der Waals surface area (Å²) in [7, 11) is 0. The van der Waals surface area contributed by atoms with Gasteiger partial charge in [0.25, 0.3) is 0 Å². The van der Waals surface area contributed by atoms with Crippen LogP contribution in [0.4, 0.5) is 22.7 Å². The van der Waals surface area contributed by atoms with Crippen LogP contribution < -0.4 is 20.1 Å². The Kier molecular flexibility index (Phi) is 15.0. The molecular formula is C37H38Cl4N2O6. The van der Waals surface area contributed by atoms with Crippen molar-refractivity contribution < 1.29 is 29.3 Å². The second-order valence-corrected chi connectivity index (χ2v) is 13.0. The number of benzene rings is 4. The van der Waals surface area contributed by atoms with Gasteiger partial charge >= 0.3 is 11.9 Å². The third-order valence-electron chi connectivity index (χ3n) is 7.65. The maximum atomic E-state index is 11.5. The zero-order valence-corrected chi connectivity index (χ0v) is 29.8. The number of carbonyl (C=O) groups is 2. The standard InChI is InChI=1S/C37H38Cl4N2O6/c38-28-20-24(42-32-16-10-8-14-26(32)36(44)45)21-29(39)34(28)48-18-12-6-4-2-1-3-5-7-13-19-49-35-30(40)22-25(23-31(35)41)43-33-17-11-9-15-27(33)37(46)47/h8-11,14-17,20-23,42-43H,1-7,12-13,18-19H2,(H,44,45)(H,46,47). The van der Waals surface area contributed by atoms with Crippen molar-refractivity contribution in [2.24, 2.45) is 0 Å². The van der Waals surface area contributed by atoms with Gasteiger partial charge in [0.05, 0.1) is 55.8 Å². The van der Waals surface area contributed by atoms with Gasteiger partial charge in [-0.3, -0.25) is 0 Å². The maximum absolute atomic E-state index is 11.5. The Hall–Kier alpha value is -3.82. The average molecular weight is 749 g/mol. The van der Waals surface area contributed by atoms with Crippen LogP contribution in [0.3, 0.4) is 0 Å². The van der Waals surface area contributed by atoms with Crippen molar-refractivity contribution in [1.82, 2.24) is 0 Å². The predicted molar refractivity (Wildman–Crippen MR) is 199 cm³/mol. The summed E-state index contributed by atoms with van der Waals surface area (Å²) in [4.78, 5) is 23.0. The van der Waals surface area contributed by atoms with Crippen LogP contribution >= 0.6 is 46.4 Å². The highest BCUT2D eigenvalue weighted by Gasteiger charge is 2.15. The lowest BCUT2D eigenvalue weighted by molar-refractivity contribution is 0.0687. The summed E-state index contributed by atoms with van der Waals surface area (Å²) in [5, 5.41) is 26.3. The van der Waals surface area contributed by atoms with E-state index in [-0.39, 0.29) is 11.1 Å². The van der Waals surface area contributed by atoms with Crippen molar-refractivity contribution in [2.45, 2.75) is 57.8 Å². The highest BCUT2D eigenvalue weighted by Crippen LogP contribution is 2.39. The number of nitrogens with one attached hydrogen (secondary N) is 2. The second kappa shape index (κ2) is 19.4. The molecule has 12 heteroatoms. The second-order valence-electron chi connectivity index (χ2n) is 11.4. The quantitative estimate of drug-likeness (QED) is 0.0660. The molecule has 260 valence electrons. The van der Waals surface area contributed by atoms with Crippen LogP contribution in [0, 0.1) is 0 Å². The minimum atomic E-state index is -1.03. The van der Waals surface area contributed by atoms with Gasteiger partial charge in [-0.05, 0) is 61.4 Å². The molecule has 4 rings (SSSR count). The van der Waals surface area contributed by atoms with Crippen molar-refractivity contribution in [3.8, 4) is 11.5 Å². The number of carboxylic acid groups (broad SMARTS) is 2. The number of hydrogen-bond donors (Lipinski definition) is 4. The van der Waals surface area contributed by atoms with Gasteiger partial charge in [0, 0.05) is 11.4 Å². The summed E-state index contributed by atoms with van der Waals surface area (Å²) in [6.07, 6.45) is 9.54. The van der Waals surface area contributed by atoms with Crippen molar-refractivity contribution in [2.75, 3.05) is 23.8 Å². The molecule has 0 amide bonds. The van der Waals surface area contributed by atoms with E-state index < -0.39 is 11.9 Å². The molecule has 0 fully saturated rings. The first kappa shape index (κ1) is 38.0. The van der Waals surface area contributed by atoms with E-state index in [1.54, 1.807) is 60.7 Å². The maximum Gasteiger partial charge on any atom is 0.337 e. The van der Waals surface area contributed by atoms with Gasteiger partial charge in [-0.25, -0.2) is 9.59 Å². The van der Waals surface area contributed by atoms with E-state index in [1.807, 2.05) is 0 Å². The summed E-state index contributed by atoms with van der Waals surface area (Å²) < 4.78 is 11.7. The van der Waals surface area contributed by atoms with Gasteiger partial charge in [-0.1, -0.05) is 116 Å². The zero-order valence-electron chi connectivity index (χ0n) is 26.7. The Morgan fingerprint density at radius 2 is 0.816 bits per heavy atom. The third-order valence-corrected chi connectivity index (χ3v) is 8.77. The highest BCUT2D eigenvalue weighted by molar-refractivity contribution is 6.38. The normalized spacial score (nSPS) is 10.9. The molecule has 8 nitrogen and oxygen atoms in total. The average Bonchev–Trinajstić information content (AvgIpc) is 3.05. The van der Waals surface area contributed by atoms with Crippen LogP contribution in [0.15, 0.2) is 72.8 Å². The van der Waals surface area contributed by atoms with Gasteiger partial charge < -0.3 is 30.3 Å². The Morgan fingerprint density at radius 3 is 1.14 bits per heavy atom. The zero-order chi connectivity index (χ0) is 35.2. The van der Waals surface area contributed by atoms with E-state index in [2.05, 4.69) is 10.6 Å². The van der Waals surface area contributed by atoms with Crippen LogP contribution in [-0.4, -0.2) is 35.4 Å². The van der Waals surface area contributed by atoms with Crippen molar-refractivity contribution in [1.29, 1.82) is 0 Å². The van der Waals surface area contributed by atoms with Gasteiger partial charge in [-0.2, -0.15) is 0 Å². The van der Waals surface area contributed by atoms with E-state index in [4.69, 9.17) is 55.9 Å². The molecule has 0 heterocycles. The molecule has 0 aliphatic carbocycles. The Morgan fingerprint density at radius 1 is 0.510 bits per heavy atom. The summed E-state index contributed by atoms with van der Waals surface area (Å²) in [6, 6.07) is 19.9. The van der Waals surface area contributed by atoms with Gasteiger partial charge in [0.2, 0.25) is 0 Å². The highest BCUT2D eigenvalue weighted by atomic mass is 35.5. The van der Waals surface area contributed by atoms with E-state index in [9.17, 15) is 19.8 Å². The molecule has 0 bridgehead atoms. The van der Waals surface area contributed by atoms with Gasteiger partial charge in [-0.15, -0.1) is 0 Å². The molecular weight excluding hydrogens is 710 g/mol. The number of anilines is 4. The molecule has 0 atom stereocenters. The topological polar surface area (TPSA) is 117 Å². The monoisotopic (exact) mass is 746 g/mol. The van der Waals surface area contributed by atoms with E-state index >= 15 is 0 Å². The largest absolute Gasteiger partial charge is 0.490 e. The first-order chi connectivity index (χ1) is 23.6. The molecule has 0 saturated heterocycles. The first-order valence-corrected chi connectivity index (χ1v) is 17.6. The molecule has 0 aliphatic rings. The molecule has 0 unspecified atom stereocenters. The Labute approximate surface area is 306 Å². The fraction of sp³-hybridized carbons (Fsp3) is 0.297. The molecule has 0 spiro atoms. The smallest absolute Gasteiger partial charge is 0.337 e. The third kappa shape index (κ3) is 11.6. The van der Waals surface area contributed by atoms with Crippen LogP contribution in [0.25, 0.3) is 0 Å². The van der Waals surface area contributed by atoms with Crippen molar-refractivity contribution in [3.05, 3.63) is 104 Å². The lowest BCUT2D eigenvalue weighted by atomic mass is 10.1. The Bertz CT molecular complexity index is 1560. The predicted octanol–water partition coefficient (Wildman–Crippen LogP) is 12.2. The van der Waals surface area contributed by atoms with Crippen molar-refractivity contribution in [3.63, 3.8) is 0 Å². The molecule has 49 heavy (non-hydrogen) atoms. The molecule has 4 aromatic rings. The van der Waals surface area contributed by atoms with Crippen LogP contribution in [0.1, 0.15) is 78.5 Å². The fourth-order valence-electron chi connectivity index (χ4n) is 5.20. The summed E-state index contributed by atoms with van der Waals surface area (Å²) in [5.74, 6) is -1.22. The first-order valence-electron chi connectivity index (χ1n) is 16.1. The van der Waals surface area contributed by atoms with Gasteiger partial charge in [0.1, 0.15) is 0 Å². The number of halogens is 4. The van der Waals surface area contributed by atoms with Gasteiger partial charge in [0.15, 0.2) is 11.5 Å². The van der Waals surface area contributed by atoms with E-state index in [0.29, 0.717) is 67.6 Å². The van der Waals surface area contributed by atoms with Crippen LogP contribution in [-0.2, 0) is 0 Å². The number of para-hydroxylation sites is 2. The molecule has 4 aromatic carbocycles. The number of carboxylic acids is 2. The lowest BCUT2D eigenvalue weighted by Crippen LogP contribution is -2.03. The Balaban J connectivity index is 1.06. The SMILES string of the molecule is O=C(O)c1ccccc1Nc1cc(Cl)c(OCCCCCCCCCCCOc2c(Cl)cc(Nc3ccccc3C(=O)O)cc2Cl)c(Cl)c1. The van der Waals surface area contributed by atoms with Crippen molar-refractivity contribution >= 4 is 81.1 Å². The number of aromatic carboxylic acids is 2. The number of hydrogen-bond acceptors (Lipinski definition) is 6. The molecule has 0 saturated carbocycles. The molecule has 0 radical (unpaired) electrons. The number of unbranched alkanes of at least 4 members (excludes halogenated alkanes) is 8. The molecule has 0 aliphatic heterocycles. The number of rotatable bonds is 20. The number of ether oxygens (including phenoxy) is 2. The molecule has 4 N–H and O–H groups in total.